The standard InChI is InChI=1S/C20H35NO3Si/c1-4-14-25(2,3)15-6-5-13-24-19-9-7-18(8-10-19)11-12-20(21,16-22)17-23/h4,7-10,22-23H,1,5-6,11-17,21H2,2-3H3. The van der Waals surface area contributed by atoms with Gasteiger partial charge in [0.15, 0.2) is 0 Å². The van der Waals surface area contributed by atoms with Gasteiger partial charge in [0.25, 0.3) is 0 Å². The summed E-state index contributed by atoms with van der Waals surface area (Å²) in [6, 6.07) is 10.5. The number of hydrogen-bond donors (Lipinski definition) is 3. The lowest BCUT2D eigenvalue weighted by atomic mass is 9.94. The van der Waals surface area contributed by atoms with Crippen molar-refractivity contribution in [3.05, 3.63) is 42.5 Å². The van der Waals surface area contributed by atoms with E-state index in [1.165, 1.54) is 18.5 Å². The molecule has 0 unspecified atom stereocenters. The van der Waals surface area contributed by atoms with Crippen LogP contribution in [0.5, 0.6) is 5.75 Å². The SMILES string of the molecule is C=CC[Si](C)(C)CCCCOc1ccc(CCC(N)(CO)CO)cc1. The minimum atomic E-state index is -1.09. The van der Waals surface area contributed by atoms with Gasteiger partial charge in [-0.05, 0) is 43.0 Å². The molecule has 1 aromatic rings. The maximum Gasteiger partial charge on any atom is 0.119 e. The highest BCUT2D eigenvalue weighted by Gasteiger charge is 2.22. The zero-order valence-electron chi connectivity index (χ0n) is 15.8. The minimum absolute atomic E-state index is 0.211. The van der Waals surface area contributed by atoms with Crippen molar-refractivity contribution in [3.63, 3.8) is 0 Å². The van der Waals surface area contributed by atoms with E-state index in [0.29, 0.717) is 6.42 Å². The van der Waals surface area contributed by atoms with Crippen molar-refractivity contribution in [1.82, 2.24) is 0 Å². The van der Waals surface area contributed by atoms with Crippen molar-refractivity contribution in [1.29, 1.82) is 0 Å². The summed E-state index contributed by atoms with van der Waals surface area (Å²) in [5.74, 6) is 0.884. The summed E-state index contributed by atoms with van der Waals surface area (Å²) in [6.07, 6.45) is 5.62. The first-order valence-electron chi connectivity index (χ1n) is 9.17. The predicted octanol–water partition coefficient (Wildman–Crippen LogP) is 3.35. The highest BCUT2D eigenvalue weighted by molar-refractivity contribution is 6.77. The second kappa shape index (κ2) is 10.8. The van der Waals surface area contributed by atoms with E-state index in [2.05, 4.69) is 25.7 Å². The number of aryl methyl sites for hydroxylation is 1. The van der Waals surface area contributed by atoms with Crippen molar-refractivity contribution < 1.29 is 14.9 Å². The van der Waals surface area contributed by atoms with Gasteiger partial charge in [-0.15, -0.1) is 6.58 Å². The van der Waals surface area contributed by atoms with Crippen LogP contribution in [0.25, 0.3) is 0 Å². The Hall–Kier alpha value is -1.14. The maximum absolute atomic E-state index is 9.22. The summed E-state index contributed by atoms with van der Waals surface area (Å²) < 4.78 is 5.81. The van der Waals surface area contributed by atoms with Crippen LogP contribution >= 0.6 is 0 Å². The number of rotatable bonds is 13. The van der Waals surface area contributed by atoms with Gasteiger partial charge in [-0.25, -0.2) is 0 Å². The Kier molecular flexibility index (Phi) is 9.42. The van der Waals surface area contributed by atoms with Crippen LogP contribution < -0.4 is 10.5 Å². The average molecular weight is 366 g/mol. The van der Waals surface area contributed by atoms with Crippen LogP contribution in [0.4, 0.5) is 0 Å². The number of aliphatic hydroxyl groups excluding tert-OH is 2. The molecule has 0 aliphatic carbocycles. The van der Waals surface area contributed by atoms with Gasteiger partial charge in [0, 0.05) is 0 Å². The van der Waals surface area contributed by atoms with Gasteiger partial charge in [0.05, 0.1) is 33.4 Å². The molecule has 4 N–H and O–H groups in total. The summed E-state index contributed by atoms with van der Waals surface area (Å²) in [7, 11) is -1.09. The molecule has 0 saturated carbocycles. The van der Waals surface area contributed by atoms with Crippen molar-refractivity contribution in [2.24, 2.45) is 5.73 Å². The first kappa shape index (κ1) is 21.9. The lowest BCUT2D eigenvalue weighted by Crippen LogP contribution is -2.47. The lowest BCUT2D eigenvalue weighted by molar-refractivity contribution is 0.115. The average Bonchev–Trinajstić information content (AvgIpc) is 2.60. The second-order valence-corrected chi connectivity index (χ2v) is 13.0. The van der Waals surface area contributed by atoms with Crippen molar-refractivity contribution in [3.8, 4) is 5.75 Å². The first-order valence-corrected chi connectivity index (χ1v) is 12.6. The summed E-state index contributed by atoms with van der Waals surface area (Å²) in [5, 5.41) is 18.4. The van der Waals surface area contributed by atoms with Crippen LogP contribution in [0.3, 0.4) is 0 Å². The molecule has 1 rings (SSSR count). The van der Waals surface area contributed by atoms with Crippen molar-refractivity contribution >= 4 is 8.07 Å². The Morgan fingerprint density at radius 3 is 2.36 bits per heavy atom. The Bertz CT molecular complexity index is 498. The van der Waals surface area contributed by atoms with Crippen LogP contribution in [0.15, 0.2) is 36.9 Å². The summed E-state index contributed by atoms with van der Waals surface area (Å²) >= 11 is 0. The molecule has 0 aromatic heterocycles. The van der Waals surface area contributed by atoms with Crippen LogP contribution in [-0.2, 0) is 6.42 Å². The molecule has 0 radical (unpaired) electrons. The molecule has 0 heterocycles. The number of ether oxygens (including phenoxy) is 1. The maximum atomic E-state index is 9.22. The number of nitrogens with two attached hydrogens (primary N) is 1. The third kappa shape index (κ3) is 8.67. The molecule has 0 fully saturated rings. The zero-order chi connectivity index (χ0) is 18.8. The lowest BCUT2D eigenvalue weighted by Gasteiger charge is -2.24. The molecule has 0 saturated heterocycles. The zero-order valence-corrected chi connectivity index (χ0v) is 16.8. The number of unbranched alkanes of at least 4 members (excludes halogenated alkanes) is 1. The number of aliphatic hydroxyl groups is 2. The summed E-state index contributed by atoms with van der Waals surface area (Å²) in [5.41, 5.74) is 6.11. The van der Waals surface area contributed by atoms with Crippen LogP contribution in [0.2, 0.25) is 25.2 Å². The Labute approximate surface area is 153 Å². The molecule has 0 spiro atoms. The molecule has 0 aliphatic heterocycles. The number of hydrogen-bond acceptors (Lipinski definition) is 4. The fraction of sp³-hybridized carbons (Fsp3) is 0.600. The van der Waals surface area contributed by atoms with Crippen LogP contribution in [0.1, 0.15) is 24.8 Å². The topological polar surface area (TPSA) is 75.7 Å². The van der Waals surface area contributed by atoms with E-state index in [1.807, 2.05) is 24.3 Å². The molecule has 0 aliphatic rings. The first-order chi connectivity index (χ1) is 11.8. The third-order valence-corrected chi connectivity index (χ3v) is 7.78. The van der Waals surface area contributed by atoms with Gasteiger partial charge in [-0.3, -0.25) is 0 Å². The van der Waals surface area contributed by atoms with Gasteiger partial charge in [-0.2, -0.15) is 0 Å². The number of allylic oxidation sites excluding steroid dienone is 1. The van der Waals surface area contributed by atoms with Crippen LogP contribution in [0, 0.1) is 0 Å². The second-order valence-electron chi connectivity index (χ2n) is 7.79. The molecular formula is C20H35NO3Si. The molecule has 142 valence electrons. The fourth-order valence-corrected chi connectivity index (χ4v) is 4.93. The molecule has 1 aromatic carbocycles. The highest BCUT2D eigenvalue weighted by Crippen LogP contribution is 2.20. The summed E-state index contributed by atoms with van der Waals surface area (Å²) in [6.45, 7) is 9.01. The van der Waals surface area contributed by atoms with Gasteiger partial charge in [0.2, 0.25) is 0 Å². The number of benzene rings is 1. The Balaban J connectivity index is 2.29. The third-order valence-electron chi connectivity index (χ3n) is 4.68. The smallest absolute Gasteiger partial charge is 0.119 e. The molecule has 25 heavy (non-hydrogen) atoms. The molecule has 0 bridgehead atoms. The van der Waals surface area contributed by atoms with Gasteiger partial charge in [0.1, 0.15) is 5.75 Å². The largest absolute Gasteiger partial charge is 0.494 e. The molecule has 0 atom stereocenters. The van der Waals surface area contributed by atoms with E-state index in [1.54, 1.807) is 0 Å². The summed E-state index contributed by atoms with van der Waals surface area (Å²) in [4.78, 5) is 0. The molecular weight excluding hydrogens is 330 g/mol. The van der Waals surface area contributed by atoms with E-state index in [-0.39, 0.29) is 13.2 Å². The van der Waals surface area contributed by atoms with Crippen molar-refractivity contribution in [2.45, 2.75) is 56.4 Å². The van der Waals surface area contributed by atoms with E-state index in [9.17, 15) is 10.2 Å². The molecule has 4 nitrogen and oxygen atoms in total. The minimum Gasteiger partial charge on any atom is -0.494 e. The van der Waals surface area contributed by atoms with E-state index < -0.39 is 13.6 Å². The monoisotopic (exact) mass is 365 g/mol. The fourth-order valence-electron chi connectivity index (χ4n) is 2.74. The van der Waals surface area contributed by atoms with Gasteiger partial charge < -0.3 is 20.7 Å². The van der Waals surface area contributed by atoms with E-state index >= 15 is 0 Å². The quantitative estimate of drug-likeness (QED) is 0.285. The molecule has 5 heteroatoms. The van der Waals surface area contributed by atoms with E-state index in [4.69, 9.17) is 10.5 Å². The Morgan fingerprint density at radius 2 is 1.80 bits per heavy atom. The van der Waals surface area contributed by atoms with Gasteiger partial charge in [-0.1, -0.05) is 43.8 Å². The van der Waals surface area contributed by atoms with Crippen molar-refractivity contribution in [2.75, 3.05) is 19.8 Å². The predicted molar refractivity (Wildman–Crippen MR) is 108 cm³/mol. The van der Waals surface area contributed by atoms with E-state index in [0.717, 1.165) is 30.8 Å². The molecule has 0 amide bonds. The normalized spacial score (nSPS) is 12.2. The van der Waals surface area contributed by atoms with Gasteiger partial charge >= 0.3 is 0 Å². The highest BCUT2D eigenvalue weighted by atomic mass is 28.3. The Morgan fingerprint density at radius 1 is 1.16 bits per heavy atom. The van der Waals surface area contributed by atoms with Crippen LogP contribution in [-0.4, -0.2) is 43.6 Å².